The first-order valence-corrected chi connectivity index (χ1v) is 7.52. The zero-order valence-electron chi connectivity index (χ0n) is 12.6. The third kappa shape index (κ3) is 2.82. The smallest absolute Gasteiger partial charge is 0.146 e. The molecule has 0 bridgehead atoms. The summed E-state index contributed by atoms with van der Waals surface area (Å²) in [5.74, 6) is 0.967. The van der Waals surface area contributed by atoms with E-state index in [-0.39, 0.29) is 5.75 Å². The molecule has 0 saturated carbocycles. The summed E-state index contributed by atoms with van der Waals surface area (Å²) in [6.07, 6.45) is 0. The number of nitrogens with zero attached hydrogens (tertiary/aromatic N) is 1. The number of phenols is 1. The molecule has 2 aromatic carbocycles. The van der Waals surface area contributed by atoms with Crippen LogP contribution in [0.4, 0.5) is 0 Å². The highest BCUT2D eigenvalue weighted by Gasteiger charge is 2.23. The molecule has 3 nitrogen and oxygen atoms in total. The Morgan fingerprint density at radius 1 is 1.18 bits per heavy atom. The van der Waals surface area contributed by atoms with Gasteiger partial charge in [0.15, 0.2) is 0 Å². The first kappa shape index (κ1) is 14.9. The number of halogens is 1. The van der Waals surface area contributed by atoms with Gasteiger partial charge in [-0.15, -0.1) is 0 Å². The highest BCUT2D eigenvalue weighted by molar-refractivity contribution is 6.32. The number of ether oxygens (including phenoxy) is 1. The van der Waals surface area contributed by atoms with E-state index in [1.807, 2.05) is 44.4 Å². The van der Waals surface area contributed by atoms with Gasteiger partial charge in [-0.25, -0.2) is 0 Å². The van der Waals surface area contributed by atoms with Gasteiger partial charge in [0, 0.05) is 12.1 Å². The van der Waals surface area contributed by atoms with Gasteiger partial charge >= 0.3 is 0 Å². The predicted octanol–water partition coefficient (Wildman–Crippen LogP) is 3.80. The van der Waals surface area contributed by atoms with Crippen LogP contribution in [0.15, 0.2) is 48.0 Å². The Labute approximate surface area is 135 Å². The molecule has 2 aromatic rings. The van der Waals surface area contributed by atoms with Crippen molar-refractivity contribution >= 4 is 17.2 Å². The van der Waals surface area contributed by atoms with E-state index in [1.54, 1.807) is 12.1 Å². The van der Waals surface area contributed by atoms with Crippen LogP contribution in [0.25, 0.3) is 5.57 Å². The molecule has 0 atom stereocenters. The summed E-state index contributed by atoms with van der Waals surface area (Å²) in [6.45, 7) is 1.29. The first-order valence-electron chi connectivity index (χ1n) is 7.14. The minimum absolute atomic E-state index is 0.254. The van der Waals surface area contributed by atoms with Crippen molar-refractivity contribution in [2.75, 3.05) is 27.2 Å². The number of phenolic OH excluding ortho intramolecular Hbond substituents is 1. The summed E-state index contributed by atoms with van der Waals surface area (Å²) in [6, 6.07) is 13.1. The number of hydrogen-bond donors (Lipinski definition) is 1. The Morgan fingerprint density at radius 2 is 1.95 bits per heavy atom. The summed E-state index contributed by atoms with van der Waals surface area (Å²) in [4.78, 5) is 2.11. The Balaban J connectivity index is 2.22. The quantitative estimate of drug-likeness (QED) is 0.935. The van der Waals surface area contributed by atoms with Crippen LogP contribution in [0.5, 0.6) is 11.5 Å². The second-order valence-electron chi connectivity index (χ2n) is 5.67. The van der Waals surface area contributed by atoms with Gasteiger partial charge in [0.05, 0.1) is 5.02 Å². The molecule has 0 aliphatic carbocycles. The molecule has 3 rings (SSSR count). The van der Waals surface area contributed by atoms with Gasteiger partial charge in [-0.2, -0.15) is 0 Å². The molecule has 22 heavy (non-hydrogen) atoms. The Bertz CT molecular complexity index is 738. The van der Waals surface area contributed by atoms with Crippen LogP contribution in [0.2, 0.25) is 5.02 Å². The number of aromatic hydroxyl groups is 1. The highest BCUT2D eigenvalue weighted by Crippen LogP contribution is 2.41. The molecule has 114 valence electrons. The van der Waals surface area contributed by atoms with Crippen molar-refractivity contribution in [1.82, 2.24) is 4.90 Å². The summed E-state index contributed by atoms with van der Waals surface area (Å²) in [5.41, 5.74) is 4.21. The van der Waals surface area contributed by atoms with Crippen molar-refractivity contribution < 1.29 is 9.84 Å². The molecule has 1 aliphatic heterocycles. The van der Waals surface area contributed by atoms with Gasteiger partial charge in [0.2, 0.25) is 0 Å². The molecule has 0 spiro atoms. The normalized spacial score (nSPS) is 14.0. The van der Waals surface area contributed by atoms with E-state index in [0.717, 1.165) is 23.2 Å². The SMILES string of the molecule is CN(C)CC1=C(c2cccc(O)c2)c2cccc(Cl)c2OC1. The van der Waals surface area contributed by atoms with Crippen LogP contribution in [-0.4, -0.2) is 37.3 Å². The molecule has 1 heterocycles. The minimum Gasteiger partial charge on any atom is -0.508 e. The van der Waals surface area contributed by atoms with E-state index >= 15 is 0 Å². The number of rotatable bonds is 3. The molecule has 1 aliphatic rings. The van der Waals surface area contributed by atoms with Crippen molar-refractivity contribution in [1.29, 1.82) is 0 Å². The van der Waals surface area contributed by atoms with Crippen molar-refractivity contribution in [3.8, 4) is 11.5 Å². The topological polar surface area (TPSA) is 32.7 Å². The number of likely N-dealkylation sites (N-methyl/N-ethyl adjacent to an activating group) is 1. The van der Waals surface area contributed by atoms with Crippen molar-refractivity contribution in [2.24, 2.45) is 0 Å². The monoisotopic (exact) mass is 315 g/mol. The summed E-state index contributed by atoms with van der Waals surface area (Å²) >= 11 is 6.27. The number of benzene rings is 2. The summed E-state index contributed by atoms with van der Waals surface area (Å²) < 4.78 is 5.87. The maximum atomic E-state index is 9.82. The van der Waals surface area contributed by atoms with Crippen LogP contribution in [0.3, 0.4) is 0 Å². The zero-order chi connectivity index (χ0) is 15.7. The average molecular weight is 316 g/mol. The fourth-order valence-electron chi connectivity index (χ4n) is 2.80. The minimum atomic E-state index is 0.254. The maximum Gasteiger partial charge on any atom is 0.146 e. The van der Waals surface area contributed by atoms with E-state index in [1.165, 1.54) is 5.57 Å². The molecule has 0 fully saturated rings. The Morgan fingerprint density at radius 3 is 2.68 bits per heavy atom. The molecular weight excluding hydrogens is 298 g/mol. The summed E-state index contributed by atoms with van der Waals surface area (Å²) in [5, 5.41) is 10.4. The Kier molecular flexibility index (Phi) is 4.10. The van der Waals surface area contributed by atoms with E-state index in [2.05, 4.69) is 4.90 Å². The fraction of sp³-hybridized carbons (Fsp3) is 0.222. The predicted molar refractivity (Wildman–Crippen MR) is 89.6 cm³/mol. The van der Waals surface area contributed by atoms with Gasteiger partial charge < -0.3 is 14.7 Å². The second kappa shape index (κ2) is 6.03. The maximum absolute atomic E-state index is 9.82. The van der Waals surface area contributed by atoms with Crippen LogP contribution < -0.4 is 4.74 Å². The van der Waals surface area contributed by atoms with Crippen LogP contribution in [0.1, 0.15) is 11.1 Å². The molecule has 0 unspecified atom stereocenters. The molecule has 1 N–H and O–H groups in total. The number of hydrogen-bond acceptors (Lipinski definition) is 3. The van der Waals surface area contributed by atoms with Gasteiger partial charge in [-0.1, -0.05) is 35.9 Å². The standard InChI is InChI=1S/C18H18ClNO2/c1-20(2)10-13-11-22-18-15(7-4-8-16(18)19)17(13)12-5-3-6-14(21)9-12/h3-9,21H,10-11H2,1-2H3. The van der Waals surface area contributed by atoms with E-state index in [4.69, 9.17) is 16.3 Å². The zero-order valence-corrected chi connectivity index (χ0v) is 13.4. The lowest BCUT2D eigenvalue weighted by molar-refractivity contribution is 0.325. The van der Waals surface area contributed by atoms with Gasteiger partial charge in [-0.3, -0.25) is 0 Å². The Hall–Kier alpha value is -1.97. The van der Waals surface area contributed by atoms with E-state index in [0.29, 0.717) is 17.4 Å². The largest absolute Gasteiger partial charge is 0.508 e. The molecular formula is C18H18ClNO2. The van der Waals surface area contributed by atoms with Crippen LogP contribution in [-0.2, 0) is 0 Å². The van der Waals surface area contributed by atoms with Gasteiger partial charge in [0.1, 0.15) is 18.1 Å². The number of para-hydroxylation sites is 1. The summed E-state index contributed by atoms with van der Waals surface area (Å²) in [7, 11) is 4.06. The molecule has 4 heteroatoms. The van der Waals surface area contributed by atoms with Gasteiger partial charge in [-0.05, 0) is 49.0 Å². The van der Waals surface area contributed by atoms with E-state index < -0.39 is 0 Å². The van der Waals surface area contributed by atoms with Crippen LogP contribution in [0, 0.1) is 0 Å². The fourth-order valence-corrected chi connectivity index (χ4v) is 3.03. The van der Waals surface area contributed by atoms with E-state index in [9.17, 15) is 5.11 Å². The van der Waals surface area contributed by atoms with Crippen LogP contribution >= 0.6 is 11.6 Å². The van der Waals surface area contributed by atoms with Crippen molar-refractivity contribution in [3.05, 3.63) is 64.2 Å². The first-order chi connectivity index (χ1) is 10.6. The lowest BCUT2D eigenvalue weighted by Crippen LogP contribution is -2.23. The number of fused-ring (bicyclic) bond motifs is 1. The third-order valence-corrected chi connectivity index (χ3v) is 3.92. The van der Waals surface area contributed by atoms with Crippen molar-refractivity contribution in [2.45, 2.75) is 0 Å². The highest BCUT2D eigenvalue weighted by atomic mass is 35.5. The molecule has 0 radical (unpaired) electrons. The molecule has 0 amide bonds. The second-order valence-corrected chi connectivity index (χ2v) is 6.08. The van der Waals surface area contributed by atoms with Gasteiger partial charge in [0.25, 0.3) is 0 Å². The van der Waals surface area contributed by atoms with Crippen molar-refractivity contribution in [3.63, 3.8) is 0 Å². The lowest BCUT2D eigenvalue weighted by Gasteiger charge is -2.27. The molecule has 0 aromatic heterocycles. The average Bonchev–Trinajstić information content (AvgIpc) is 2.46. The lowest BCUT2D eigenvalue weighted by atomic mass is 9.90. The molecule has 0 saturated heterocycles. The third-order valence-electron chi connectivity index (χ3n) is 3.62.